The molecule has 0 radical (unpaired) electrons. The molecule has 1 N–H and O–H groups in total. The zero-order valence-electron chi connectivity index (χ0n) is 26.7. The highest BCUT2D eigenvalue weighted by molar-refractivity contribution is 6.72. The second kappa shape index (κ2) is 13.0. The van der Waals surface area contributed by atoms with Gasteiger partial charge >= 0.3 is 6.09 Å². The van der Waals surface area contributed by atoms with E-state index in [0.29, 0.717) is 35.1 Å². The molecule has 2 saturated heterocycles. The molecule has 6 rings (SSSR count). The fraction of sp³-hybridized carbons (Fsp3) is 0.400. The number of rotatable bonds is 10. The Bertz CT molecular complexity index is 1660. The highest BCUT2D eigenvalue weighted by atomic mass is 35.5. The van der Waals surface area contributed by atoms with Gasteiger partial charge in [0.05, 0.1) is 37.9 Å². The Hall–Kier alpha value is -3.77. The van der Waals surface area contributed by atoms with Crippen molar-refractivity contribution >= 4 is 49.3 Å². The largest absolute Gasteiger partial charge is 0.447 e. The second-order valence-electron chi connectivity index (χ2n) is 13.0. The van der Waals surface area contributed by atoms with Crippen molar-refractivity contribution in [3.05, 3.63) is 94.5 Å². The minimum absolute atomic E-state index is 0.116. The lowest BCUT2D eigenvalue weighted by Gasteiger charge is -2.31. The molecule has 248 valence electrons. The van der Waals surface area contributed by atoms with Crippen molar-refractivity contribution < 1.29 is 33.1 Å². The third kappa shape index (κ3) is 6.17. The molecule has 3 amide bonds. The first-order valence-electron chi connectivity index (χ1n) is 15.9. The molecule has 3 heterocycles. The Labute approximate surface area is 280 Å². The number of halogens is 2. The first-order valence-corrected chi connectivity index (χ1v) is 19.2. The minimum Gasteiger partial charge on any atom is -0.447 e. The van der Waals surface area contributed by atoms with Gasteiger partial charge in [0, 0.05) is 40.8 Å². The van der Waals surface area contributed by atoms with E-state index < -0.39 is 37.7 Å². The number of cyclic esters (lactones) is 1. The molecular formula is C35H39ClFN3O6Si. The van der Waals surface area contributed by atoms with Crippen LogP contribution in [0.3, 0.4) is 0 Å². The first kappa shape index (κ1) is 33.1. The molecule has 0 aromatic heterocycles. The number of aliphatic hydroxyl groups is 1. The number of amides is 3. The van der Waals surface area contributed by atoms with Crippen molar-refractivity contribution in [3.8, 4) is 0 Å². The molecule has 12 heteroatoms. The molecule has 3 aromatic carbocycles. The fourth-order valence-electron chi connectivity index (χ4n) is 7.49. The summed E-state index contributed by atoms with van der Waals surface area (Å²) in [6, 6.07) is 22.0. The molecule has 1 spiro atoms. The number of carbonyl (C=O) groups excluding carboxylic acids is 3. The molecule has 0 unspecified atom stereocenters. The molecule has 3 aliphatic rings. The monoisotopic (exact) mass is 679 g/mol. The summed E-state index contributed by atoms with van der Waals surface area (Å²) in [5.74, 6) is -1.20. The summed E-state index contributed by atoms with van der Waals surface area (Å²) in [5.41, 5.74) is 1.40. The predicted molar refractivity (Wildman–Crippen MR) is 179 cm³/mol. The number of benzene rings is 3. The van der Waals surface area contributed by atoms with E-state index in [1.807, 2.05) is 61.5 Å². The Balaban J connectivity index is 1.31. The molecule has 0 aliphatic carbocycles. The average molecular weight is 680 g/mol. The quantitative estimate of drug-likeness (QED) is 0.208. The molecule has 2 fully saturated rings. The minimum atomic E-state index is -3.51. The van der Waals surface area contributed by atoms with Gasteiger partial charge in [0.2, 0.25) is 14.3 Å². The second-order valence-corrected chi connectivity index (χ2v) is 17.2. The van der Waals surface area contributed by atoms with Gasteiger partial charge in [-0.3, -0.25) is 14.5 Å². The lowest BCUT2D eigenvalue weighted by atomic mass is 9.82. The molecule has 0 bridgehead atoms. The third-order valence-electron chi connectivity index (χ3n) is 9.59. The standard InChI is InChI=1S/C35H39ClFN3O6Si/c1-23-32(47(2,3)37)30(20-31(42)38(15-17-41)21-24-7-5-4-6-8-24)46-35(23)28-19-26(36)11-14-29(28)40(33(35)43)22-25-9-12-27(13-10-25)39-16-18-45-34(39)44/h4-14,19,23,30,32,41H,15-18,20-22H2,1-3H3/t23-,30+,32-,35+/m0/s1. The zero-order chi connectivity index (χ0) is 33.5. The summed E-state index contributed by atoms with van der Waals surface area (Å²) in [5, 5.41) is 10.2. The van der Waals surface area contributed by atoms with Crippen LogP contribution in [0.25, 0.3) is 0 Å². The van der Waals surface area contributed by atoms with Gasteiger partial charge in [0.15, 0.2) is 5.60 Å². The van der Waals surface area contributed by atoms with Crippen LogP contribution in [0.1, 0.15) is 30.0 Å². The maximum absolute atomic E-state index is 16.3. The van der Waals surface area contributed by atoms with Crippen molar-refractivity contribution in [1.29, 1.82) is 0 Å². The van der Waals surface area contributed by atoms with E-state index in [1.54, 1.807) is 46.0 Å². The molecule has 47 heavy (non-hydrogen) atoms. The topological polar surface area (TPSA) is 99.6 Å². The summed E-state index contributed by atoms with van der Waals surface area (Å²) in [7, 11) is -3.51. The Morgan fingerprint density at radius 1 is 1.09 bits per heavy atom. The summed E-state index contributed by atoms with van der Waals surface area (Å²) < 4.78 is 28.1. The van der Waals surface area contributed by atoms with Crippen molar-refractivity contribution in [2.24, 2.45) is 5.92 Å². The molecule has 0 saturated carbocycles. The van der Waals surface area contributed by atoms with Crippen molar-refractivity contribution in [1.82, 2.24) is 4.90 Å². The van der Waals surface area contributed by atoms with E-state index in [-0.39, 0.29) is 44.5 Å². The van der Waals surface area contributed by atoms with Crippen molar-refractivity contribution in [2.45, 2.75) is 56.8 Å². The predicted octanol–water partition coefficient (Wildman–Crippen LogP) is 6.03. The Morgan fingerprint density at radius 3 is 2.45 bits per heavy atom. The van der Waals surface area contributed by atoms with E-state index in [0.717, 1.165) is 11.1 Å². The van der Waals surface area contributed by atoms with Gasteiger partial charge in [0.25, 0.3) is 5.91 Å². The summed E-state index contributed by atoms with van der Waals surface area (Å²) >= 11 is 6.50. The number of hydrogen-bond acceptors (Lipinski definition) is 6. The molecule has 4 atom stereocenters. The van der Waals surface area contributed by atoms with E-state index in [2.05, 4.69) is 0 Å². The summed E-state index contributed by atoms with van der Waals surface area (Å²) in [4.78, 5) is 45.2. The van der Waals surface area contributed by atoms with Gasteiger partial charge in [-0.15, -0.1) is 0 Å². The van der Waals surface area contributed by atoms with Gasteiger partial charge in [-0.05, 0) is 54.6 Å². The SMILES string of the molecule is C[C@H]1[C@H]([Si](C)(C)F)[C@@H](CC(=O)N(CCO)Cc2ccccc2)O[C@]12C(=O)N(Cc1ccc(N3CCOC3=O)cc1)c1ccc(Cl)cc12. The number of hydrogen-bond donors (Lipinski definition) is 1. The number of anilines is 2. The van der Waals surface area contributed by atoms with Gasteiger partial charge in [0.1, 0.15) is 6.61 Å². The fourth-order valence-corrected chi connectivity index (χ4v) is 10.2. The van der Waals surface area contributed by atoms with E-state index in [9.17, 15) is 19.5 Å². The van der Waals surface area contributed by atoms with Crippen LogP contribution in [0.5, 0.6) is 0 Å². The average Bonchev–Trinajstić information content (AvgIpc) is 3.66. The van der Waals surface area contributed by atoms with Crippen LogP contribution < -0.4 is 9.80 Å². The van der Waals surface area contributed by atoms with Gasteiger partial charge in [-0.25, -0.2) is 4.79 Å². The lowest BCUT2D eigenvalue weighted by molar-refractivity contribution is -0.150. The van der Waals surface area contributed by atoms with Crippen molar-refractivity contribution in [2.75, 3.05) is 36.1 Å². The van der Waals surface area contributed by atoms with Crippen LogP contribution in [0, 0.1) is 5.92 Å². The summed E-state index contributed by atoms with van der Waals surface area (Å²) in [6.45, 7) is 6.23. The van der Waals surface area contributed by atoms with E-state index >= 15 is 4.11 Å². The van der Waals surface area contributed by atoms with E-state index in [1.165, 1.54) is 0 Å². The maximum Gasteiger partial charge on any atom is 0.414 e. The lowest BCUT2D eigenvalue weighted by Crippen LogP contribution is -2.45. The van der Waals surface area contributed by atoms with E-state index in [4.69, 9.17) is 21.1 Å². The zero-order valence-corrected chi connectivity index (χ0v) is 28.5. The molecular weight excluding hydrogens is 641 g/mol. The molecule has 3 aromatic rings. The number of nitrogens with zero attached hydrogens (tertiary/aromatic N) is 3. The van der Waals surface area contributed by atoms with Crippen LogP contribution in [0.4, 0.5) is 20.3 Å². The van der Waals surface area contributed by atoms with Crippen molar-refractivity contribution in [3.63, 3.8) is 0 Å². The highest BCUT2D eigenvalue weighted by Crippen LogP contribution is 2.60. The highest BCUT2D eigenvalue weighted by Gasteiger charge is 2.67. The Kier molecular flexibility index (Phi) is 9.19. The summed E-state index contributed by atoms with van der Waals surface area (Å²) in [6.07, 6.45) is -1.39. The van der Waals surface area contributed by atoms with Crippen LogP contribution in [-0.4, -0.2) is 68.7 Å². The third-order valence-corrected chi connectivity index (χ3v) is 12.3. The van der Waals surface area contributed by atoms with Gasteiger partial charge < -0.3 is 28.5 Å². The molecule has 3 aliphatic heterocycles. The van der Waals surface area contributed by atoms with Crippen LogP contribution >= 0.6 is 11.6 Å². The number of fused-ring (bicyclic) bond motifs is 2. The molecule has 9 nitrogen and oxygen atoms in total. The van der Waals surface area contributed by atoms with Gasteiger partial charge in [-0.2, -0.15) is 0 Å². The maximum atomic E-state index is 16.3. The Morgan fingerprint density at radius 2 is 1.81 bits per heavy atom. The van der Waals surface area contributed by atoms with Crippen LogP contribution in [-0.2, 0) is 37.8 Å². The number of carbonyl (C=O) groups is 3. The van der Waals surface area contributed by atoms with Crippen LogP contribution in [0.2, 0.25) is 23.7 Å². The number of aliphatic hydroxyl groups excluding tert-OH is 1. The first-order chi connectivity index (χ1) is 22.4. The van der Waals surface area contributed by atoms with Crippen LogP contribution in [0.15, 0.2) is 72.8 Å². The van der Waals surface area contributed by atoms with Gasteiger partial charge in [-0.1, -0.05) is 61.0 Å². The smallest absolute Gasteiger partial charge is 0.414 e. The normalized spacial score (nSPS) is 23.8. The number of ether oxygens (including phenoxy) is 2.